The molecule has 0 spiro atoms. The lowest BCUT2D eigenvalue weighted by molar-refractivity contribution is 0.881. The summed E-state index contributed by atoms with van der Waals surface area (Å²) in [6.07, 6.45) is 7.70. The van der Waals surface area contributed by atoms with E-state index in [2.05, 4.69) is 96.4 Å². The van der Waals surface area contributed by atoms with Crippen LogP contribution < -0.4 is 4.90 Å². The molecule has 0 saturated carbocycles. The average molecular weight is 481 g/mol. The first-order chi connectivity index (χ1) is 18.3. The summed E-state index contributed by atoms with van der Waals surface area (Å²) in [5, 5.41) is 4.89. The van der Waals surface area contributed by atoms with E-state index in [1.807, 2.05) is 60.2 Å². The summed E-state index contributed by atoms with van der Waals surface area (Å²) >= 11 is 0. The van der Waals surface area contributed by atoms with E-state index in [9.17, 15) is 0 Å². The van der Waals surface area contributed by atoms with Gasteiger partial charge in [0, 0.05) is 28.2 Å². The van der Waals surface area contributed by atoms with Gasteiger partial charge in [0.1, 0.15) is 0 Å². The highest BCUT2D eigenvalue weighted by Gasteiger charge is 2.17. The molecule has 0 aliphatic rings. The molecule has 4 aromatic carbocycles. The Bertz CT molecular complexity index is 1470. The lowest BCUT2D eigenvalue weighted by Gasteiger charge is -2.25. The summed E-state index contributed by atoms with van der Waals surface area (Å²) < 4.78 is 1.90. The molecule has 5 aromatic rings. The van der Waals surface area contributed by atoms with E-state index < -0.39 is 0 Å². The summed E-state index contributed by atoms with van der Waals surface area (Å²) in [4.78, 5) is 7.14. The van der Waals surface area contributed by atoms with Crippen LogP contribution in [0.3, 0.4) is 0 Å². The molecule has 0 unspecified atom stereocenters. The van der Waals surface area contributed by atoms with Crippen LogP contribution >= 0.6 is 0 Å². The maximum absolute atomic E-state index is 4.90. The Balaban J connectivity index is 1.59. The van der Waals surface area contributed by atoms with E-state index in [4.69, 9.17) is 10.1 Å². The van der Waals surface area contributed by atoms with Crippen molar-refractivity contribution >= 4 is 22.6 Å². The molecule has 5 rings (SSSR count). The fourth-order valence-corrected chi connectivity index (χ4v) is 4.17. The molecule has 1 heterocycles. The molecule has 0 saturated heterocycles. The van der Waals surface area contributed by atoms with Crippen LogP contribution in [-0.4, -0.2) is 14.8 Å². The molecule has 0 aliphatic heterocycles. The molecule has 0 fully saturated rings. The molecule has 0 amide bonds. The van der Waals surface area contributed by atoms with Crippen molar-refractivity contribution in [3.63, 3.8) is 0 Å². The molecule has 180 valence electrons. The van der Waals surface area contributed by atoms with Crippen LogP contribution in [0.4, 0.5) is 17.1 Å². The predicted molar refractivity (Wildman–Crippen MR) is 154 cm³/mol. The number of para-hydroxylation sites is 2. The number of hydrogen-bond acceptors (Lipinski definition) is 3. The molecule has 0 N–H and O–H groups in total. The standard InChI is InChI=1S/C33H28N4/c1-3-5-15-26(4-2)32-34-33(27-16-9-6-10-17-27)37(35-32)31-24-22-30(23-25-31)36(28-18-11-7-12-19-28)29-20-13-8-14-21-29/h3-25H,2H2,1H3/b5-3-,26-15+. The largest absolute Gasteiger partial charge is 0.311 e. The van der Waals surface area contributed by atoms with E-state index in [0.717, 1.165) is 39.7 Å². The summed E-state index contributed by atoms with van der Waals surface area (Å²) in [7, 11) is 0. The summed E-state index contributed by atoms with van der Waals surface area (Å²) in [6.45, 7) is 5.95. The minimum atomic E-state index is 0.631. The third-order valence-corrected chi connectivity index (χ3v) is 5.97. The fraction of sp³-hybridized carbons (Fsp3) is 0.0303. The molecule has 4 heteroatoms. The van der Waals surface area contributed by atoms with E-state index in [1.165, 1.54) is 0 Å². The minimum absolute atomic E-state index is 0.631. The first-order valence-electron chi connectivity index (χ1n) is 12.3. The number of rotatable bonds is 8. The van der Waals surface area contributed by atoms with Crippen molar-refractivity contribution in [1.29, 1.82) is 0 Å². The van der Waals surface area contributed by atoms with Crippen molar-refractivity contribution in [2.75, 3.05) is 4.90 Å². The van der Waals surface area contributed by atoms with Gasteiger partial charge in [-0.15, -0.1) is 5.10 Å². The smallest absolute Gasteiger partial charge is 0.182 e. The first kappa shape index (κ1) is 23.8. The monoisotopic (exact) mass is 480 g/mol. The maximum atomic E-state index is 4.90. The molecule has 0 aliphatic carbocycles. The van der Waals surface area contributed by atoms with Gasteiger partial charge in [-0.3, -0.25) is 0 Å². The van der Waals surface area contributed by atoms with Gasteiger partial charge in [0.15, 0.2) is 11.6 Å². The Hall–Kier alpha value is -4.96. The second kappa shape index (κ2) is 11.2. The Morgan fingerprint density at radius 2 is 1.27 bits per heavy atom. The van der Waals surface area contributed by atoms with E-state index in [1.54, 1.807) is 6.08 Å². The Labute approximate surface area is 218 Å². The molecular formula is C33H28N4. The topological polar surface area (TPSA) is 34.0 Å². The lowest BCUT2D eigenvalue weighted by Crippen LogP contribution is -2.10. The second-order valence-electron chi connectivity index (χ2n) is 8.41. The van der Waals surface area contributed by atoms with Gasteiger partial charge in [-0.1, -0.05) is 97.6 Å². The fourth-order valence-electron chi connectivity index (χ4n) is 4.17. The van der Waals surface area contributed by atoms with E-state index >= 15 is 0 Å². The van der Waals surface area contributed by atoms with Crippen LogP contribution in [-0.2, 0) is 0 Å². The summed E-state index contributed by atoms with van der Waals surface area (Å²) in [5.41, 5.74) is 6.04. The van der Waals surface area contributed by atoms with Gasteiger partial charge in [0.2, 0.25) is 0 Å². The number of allylic oxidation sites excluding steroid dienone is 5. The van der Waals surface area contributed by atoms with Gasteiger partial charge in [0.25, 0.3) is 0 Å². The van der Waals surface area contributed by atoms with Crippen molar-refractivity contribution in [1.82, 2.24) is 14.8 Å². The number of anilines is 3. The Morgan fingerprint density at radius 1 is 0.730 bits per heavy atom. The zero-order valence-corrected chi connectivity index (χ0v) is 20.8. The minimum Gasteiger partial charge on any atom is -0.311 e. The first-order valence-corrected chi connectivity index (χ1v) is 12.3. The normalized spacial score (nSPS) is 11.5. The van der Waals surface area contributed by atoms with Gasteiger partial charge in [0.05, 0.1) is 5.69 Å². The molecule has 0 radical (unpaired) electrons. The highest BCUT2D eigenvalue weighted by molar-refractivity contribution is 5.77. The maximum Gasteiger partial charge on any atom is 0.182 e. The zero-order valence-electron chi connectivity index (χ0n) is 20.8. The summed E-state index contributed by atoms with van der Waals surface area (Å²) in [5.74, 6) is 1.41. The van der Waals surface area contributed by atoms with E-state index in [-0.39, 0.29) is 0 Å². The van der Waals surface area contributed by atoms with Crippen LogP contribution in [0.1, 0.15) is 12.7 Å². The van der Waals surface area contributed by atoms with Gasteiger partial charge in [-0.05, 0) is 55.5 Å². The third-order valence-electron chi connectivity index (χ3n) is 5.97. The second-order valence-corrected chi connectivity index (χ2v) is 8.41. The Kier molecular flexibility index (Phi) is 7.19. The van der Waals surface area contributed by atoms with Crippen LogP contribution in [0.2, 0.25) is 0 Å². The van der Waals surface area contributed by atoms with Gasteiger partial charge in [-0.25, -0.2) is 9.67 Å². The quantitative estimate of drug-likeness (QED) is 0.209. The third kappa shape index (κ3) is 5.19. The SMILES string of the molecule is C=C/C(=C\C=C/C)c1nc(-c2ccccc2)n(-c2ccc(N(c3ccccc3)c3ccccc3)cc2)n1. The van der Waals surface area contributed by atoms with Gasteiger partial charge >= 0.3 is 0 Å². The number of hydrogen-bond donors (Lipinski definition) is 0. The molecule has 0 bridgehead atoms. The van der Waals surface area contributed by atoms with Crippen LogP contribution in [0.15, 0.2) is 146 Å². The summed E-state index contributed by atoms with van der Waals surface area (Å²) in [6, 6.07) is 39.3. The number of nitrogens with zero attached hydrogens (tertiary/aromatic N) is 4. The highest BCUT2D eigenvalue weighted by Crippen LogP contribution is 2.35. The average Bonchev–Trinajstić information content (AvgIpc) is 3.41. The molecule has 1 aromatic heterocycles. The van der Waals surface area contributed by atoms with Crippen molar-refractivity contribution in [3.05, 3.63) is 152 Å². The van der Waals surface area contributed by atoms with Crippen LogP contribution in [0, 0.1) is 0 Å². The number of aromatic nitrogens is 3. The predicted octanol–water partition coefficient (Wildman–Crippen LogP) is 8.55. The molecule has 37 heavy (non-hydrogen) atoms. The van der Waals surface area contributed by atoms with Crippen molar-refractivity contribution in [2.24, 2.45) is 0 Å². The molecule has 4 nitrogen and oxygen atoms in total. The van der Waals surface area contributed by atoms with Crippen molar-refractivity contribution in [3.8, 4) is 17.1 Å². The van der Waals surface area contributed by atoms with E-state index in [0.29, 0.717) is 5.82 Å². The highest BCUT2D eigenvalue weighted by atomic mass is 15.4. The van der Waals surface area contributed by atoms with Gasteiger partial charge in [-0.2, -0.15) is 0 Å². The van der Waals surface area contributed by atoms with Crippen LogP contribution in [0.5, 0.6) is 0 Å². The van der Waals surface area contributed by atoms with Crippen molar-refractivity contribution in [2.45, 2.75) is 6.92 Å². The van der Waals surface area contributed by atoms with Gasteiger partial charge < -0.3 is 4.90 Å². The zero-order chi connectivity index (χ0) is 25.5. The molecular weight excluding hydrogens is 452 g/mol. The van der Waals surface area contributed by atoms with Crippen LogP contribution in [0.25, 0.3) is 22.6 Å². The molecule has 0 atom stereocenters. The van der Waals surface area contributed by atoms with Crippen molar-refractivity contribution < 1.29 is 0 Å². The number of benzene rings is 4. The lowest BCUT2D eigenvalue weighted by atomic mass is 10.1. The Morgan fingerprint density at radius 3 is 1.81 bits per heavy atom.